The molecule has 11 heteroatoms. The van der Waals surface area contributed by atoms with Crippen molar-refractivity contribution in [2.45, 2.75) is 90.8 Å². The normalized spacial score (nSPS) is 19.3. The fraction of sp³-hybridized carbons (Fsp3) is 0.783. The summed E-state index contributed by atoms with van der Waals surface area (Å²) < 4.78 is 14.7. The fourth-order valence-electron chi connectivity index (χ4n) is 3.55. The molecule has 0 spiro atoms. The minimum atomic E-state index is -0.603. The van der Waals surface area contributed by atoms with Gasteiger partial charge in [0.15, 0.2) is 11.6 Å². The first-order chi connectivity index (χ1) is 15.5. The molecule has 0 aromatic carbocycles. The third kappa shape index (κ3) is 11.8. The predicted molar refractivity (Wildman–Crippen MR) is 127 cm³/mol. The topological polar surface area (TPSA) is 128 Å². The van der Waals surface area contributed by atoms with Gasteiger partial charge in [0, 0.05) is 6.54 Å². The van der Waals surface area contributed by atoms with Crippen molar-refractivity contribution in [1.82, 2.24) is 10.2 Å². The molecular weight excluding hydrogens is 468 g/mol. The van der Waals surface area contributed by atoms with Crippen molar-refractivity contribution >= 4 is 42.0 Å². The molecule has 34 heavy (non-hydrogen) atoms. The second-order valence-corrected chi connectivity index (χ2v) is 8.88. The summed E-state index contributed by atoms with van der Waals surface area (Å²) in [7, 11) is 0. The molecule has 2 heterocycles. The molecule has 2 fully saturated rings. The standard InChI is InChI=1S/C14H23NO5.C9H15NO3.ClH/c1-5-19-12(17)9-11(16)10-7-6-8-15(10)13(18)20-14(2,3)4;1-2-13-9(12)6-8(11)7-4-3-5-10-7;/h10H,5-9H2,1-4H3;7,10H,2-6H2,1H3;1H/t10-;7-;/m00./s1. The van der Waals surface area contributed by atoms with Gasteiger partial charge < -0.3 is 19.5 Å². The van der Waals surface area contributed by atoms with E-state index in [2.05, 4.69) is 10.1 Å². The van der Waals surface area contributed by atoms with E-state index in [1.807, 2.05) is 0 Å². The van der Waals surface area contributed by atoms with Crippen LogP contribution in [0.4, 0.5) is 4.79 Å². The Labute approximate surface area is 207 Å². The lowest BCUT2D eigenvalue weighted by atomic mass is 10.1. The second kappa shape index (κ2) is 15.7. The van der Waals surface area contributed by atoms with E-state index in [1.54, 1.807) is 34.6 Å². The Morgan fingerprint density at radius 3 is 1.91 bits per heavy atom. The van der Waals surface area contributed by atoms with Crippen LogP contribution in [-0.4, -0.2) is 78.5 Å². The Morgan fingerprint density at radius 2 is 1.44 bits per heavy atom. The summed E-state index contributed by atoms with van der Waals surface area (Å²) in [6, 6.07) is -0.696. The number of ether oxygens (including phenoxy) is 3. The van der Waals surface area contributed by atoms with Crippen molar-refractivity contribution in [2.24, 2.45) is 0 Å². The number of carbonyl (C=O) groups is 5. The third-order valence-corrected chi connectivity index (χ3v) is 4.95. The summed E-state index contributed by atoms with van der Waals surface area (Å²) in [5.41, 5.74) is -0.603. The van der Waals surface area contributed by atoms with E-state index >= 15 is 0 Å². The van der Waals surface area contributed by atoms with E-state index in [1.165, 1.54) is 4.90 Å². The number of likely N-dealkylation sites (tertiary alicyclic amines) is 1. The van der Waals surface area contributed by atoms with Crippen LogP contribution in [0.25, 0.3) is 0 Å². The summed E-state index contributed by atoms with van der Waals surface area (Å²) in [5, 5.41) is 3.05. The number of ketones is 2. The van der Waals surface area contributed by atoms with Crippen LogP contribution < -0.4 is 5.32 Å². The van der Waals surface area contributed by atoms with Gasteiger partial charge in [0.25, 0.3) is 0 Å². The van der Waals surface area contributed by atoms with Crippen LogP contribution >= 0.6 is 12.4 Å². The van der Waals surface area contributed by atoms with Crippen molar-refractivity contribution in [1.29, 1.82) is 0 Å². The molecule has 0 bridgehead atoms. The number of nitrogens with one attached hydrogen (secondary N) is 1. The molecule has 10 nitrogen and oxygen atoms in total. The van der Waals surface area contributed by atoms with Crippen LogP contribution in [0.15, 0.2) is 0 Å². The van der Waals surface area contributed by atoms with Crippen LogP contribution in [0.5, 0.6) is 0 Å². The number of hydrogen-bond acceptors (Lipinski definition) is 9. The molecule has 2 rings (SSSR count). The van der Waals surface area contributed by atoms with Gasteiger partial charge in [-0.25, -0.2) is 4.79 Å². The van der Waals surface area contributed by atoms with Gasteiger partial charge in [0.1, 0.15) is 18.4 Å². The van der Waals surface area contributed by atoms with Gasteiger partial charge >= 0.3 is 18.0 Å². The highest BCUT2D eigenvalue weighted by atomic mass is 35.5. The number of esters is 2. The van der Waals surface area contributed by atoms with Crippen LogP contribution in [0.1, 0.15) is 73.1 Å². The molecular formula is C23H39ClN2O8. The van der Waals surface area contributed by atoms with Crippen molar-refractivity contribution in [2.75, 3.05) is 26.3 Å². The lowest BCUT2D eigenvalue weighted by Gasteiger charge is -2.27. The molecule has 0 unspecified atom stereocenters. The van der Waals surface area contributed by atoms with Crippen LogP contribution in [-0.2, 0) is 33.4 Å². The average Bonchev–Trinajstić information content (AvgIpc) is 3.39. The summed E-state index contributed by atoms with van der Waals surface area (Å²) in [5.74, 6) is -1.29. The maximum absolute atomic E-state index is 12.1. The molecule has 0 aromatic heterocycles. The molecule has 2 atom stereocenters. The van der Waals surface area contributed by atoms with E-state index in [0.29, 0.717) is 19.6 Å². The van der Waals surface area contributed by atoms with Gasteiger partial charge in [-0.1, -0.05) is 0 Å². The fourth-order valence-corrected chi connectivity index (χ4v) is 3.55. The first-order valence-electron chi connectivity index (χ1n) is 11.6. The van der Waals surface area contributed by atoms with Crippen molar-refractivity contribution in [3.8, 4) is 0 Å². The van der Waals surface area contributed by atoms with Gasteiger partial charge in [-0.3, -0.25) is 24.1 Å². The molecule has 0 aromatic rings. The van der Waals surface area contributed by atoms with E-state index in [0.717, 1.165) is 25.8 Å². The minimum Gasteiger partial charge on any atom is -0.466 e. The smallest absolute Gasteiger partial charge is 0.410 e. The van der Waals surface area contributed by atoms with Crippen LogP contribution in [0.3, 0.4) is 0 Å². The number of carbonyl (C=O) groups excluding carboxylic acids is 5. The van der Waals surface area contributed by atoms with Gasteiger partial charge in [0.05, 0.1) is 25.3 Å². The van der Waals surface area contributed by atoms with Crippen molar-refractivity contribution in [3.05, 3.63) is 0 Å². The Bertz CT molecular complexity index is 702. The Morgan fingerprint density at radius 1 is 0.882 bits per heavy atom. The molecule has 2 aliphatic heterocycles. The van der Waals surface area contributed by atoms with Crippen LogP contribution in [0.2, 0.25) is 0 Å². The van der Waals surface area contributed by atoms with Gasteiger partial charge in [-0.2, -0.15) is 0 Å². The molecule has 196 valence electrons. The van der Waals surface area contributed by atoms with Gasteiger partial charge in [-0.15, -0.1) is 12.4 Å². The van der Waals surface area contributed by atoms with Crippen LogP contribution in [0, 0.1) is 0 Å². The quantitative estimate of drug-likeness (QED) is 0.300. The first kappa shape index (κ1) is 31.8. The molecule has 1 N–H and O–H groups in total. The number of nitrogens with zero attached hydrogens (tertiary/aromatic N) is 1. The maximum atomic E-state index is 12.1. The highest BCUT2D eigenvalue weighted by molar-refractivity contribution is 6.00. The molecule has 2 aliphatic rings. The predicted octanol–water partition coefficient (Wildman–Crippen LogP) is 2.59. The van der Waals surface area contributed by atoms with E-state index < -0.39 is 29.7 Å². The number of rotatable bonds is 8. The number of Topliss-reactive ketones (excluding diaryl/α,β-unsaturated/α-hetero) is 2. The van der Waals surface area contributed by atoms with E-state index in [9.17, 15) is 24.0 Å². The second-order valence-electron chi connectivity index (χ2n) is 8.88. The summed E-state index contributed by atoms with van der Waals surface area (Å²) in [6.45, 7) is 10.7. The average molecular weight is 507 g/mol. The maximum Gasteiger partial charge on any atom is 0.410 e. The minimum absolute atomic E-state index is 0. The molecule has 1 amide bonds. The Balaban J connectivity index is 0.000000676. The largest absolute Gasteiger partial charge is 0.466 e. The Hall–Kier alpha value is -2.20. The molecule has 0 aliphatic carbocycles. The number of halogens is 1. The zero-order valence-corrected chi connectivity index (χ0v) is 21.7. The first-order valence-corrected chi connectivity index (χ1v) is 11.6. The van der Waals surface area contributed by atoms with Crippen molar-refractivity contribution in [3.63, 3.8) is 0 Å². The number of amides is 1. The van der Waals surface area contributed by atoms with Gasteiger partial charge in [0.2, 0.25) is 0 Å². The summed E-state index contributed by atoms with van der Waals surface area (Å²) >= 11 is 0. The summed E-state index contributed by atoms with van der Waals surface area (Å²) in [6.07, 6.45) is 2.27. The third-order valence-electron chi connectivity index (χ3n) is 4.95. The van der Waals surface area contributed by atoms with Gasteiger partial charge in [-0.05, 0) is 66.8 Å². The number of hydrogen-bond donors (Lipinski definition) is 1. The van der Waals surface area contributed by atoms with Crippen molar-refractivity contribution < 1.29 is 38.2 Å². The highest BCUT2D eigenvalue weighted by Crippen LogP contribution is 2.22. The highest BCUT2D eigenvalue weighted by Gasteiger charge is 2.37. The lowest BCUT2D eigenvalue weighted by molar-refractivity contribution is -0.147. The van der Waals surface area contributed by atoms with E-state index in [-0.39, 0.29) is 49.5 Å². The monoisotopic (exact) mass is 506 g/mol. The zero-order valence-electron chi connectivity index (χ0n) is 20.8. The Kier molecular flexibility index (Phi) is 14.6. The zero-order chi connectivity index (χ0) is 25.0. The van der Waals surface area contributed by atoms with E-state index in [4.69, 9.17) is 9.47 Å². The molecule has 0 saturated carbocycles. The molecule has 2 saturated heterocycles. The summed E-state index contributed by atoms with van der Waals surface area (Å²) in [4.78, 5) is 59.1. The SMILES string of the molecule is CCOC(=O)CC(=O)[C@@H]1CCCN1.CCOC(=O)CC(=O)[C@@H]1CCCN1C(=O)OC(C)(C)C.Cl. The molecule has 0 radical (unpaired) electrons. The lowest BCUT2D eigenvalue weighted by Crippen LogP contribution is -2.43.